The third-order valence-corrected chi connectivity index (χ3v) is 3.21. The maximum Gasteiger partial charge on any atom is 0.331 e. The van der Waals surface area contributed by atoms with Crippen molar-refractivity contribution in [2.75, 3.05) is 11.9 Å². The summed E-state index contributed by atoms with van der Waals surface area (Å²) in [5.74, 6) is -3.07. The number of carbonyl (C=O) groups excluding carboxylic acids is 2. The van der Waals surface area contributed by atoms with Crippen LogP contribution in [0.2, 0.25) is 0 Å². The van der Waals surface area contributed by atoms with Crippen LogP contribution >= 0.6 is 11.3 Å². The summed E-state index contributed by atoms with van der Waals surface area (Å²) in [4.78, 5) is 22.9. The highest BCUT2D eigenvalue weighted by Gasteiger charge is 2.09. The number of thiophene rings is 1. The fourth-order valence-corrected chi connectivity index (χ4v) is 2.12. The third-order valence-electron chi connectivity index (χ3n) is 2.51. The van der Waals surface area contributed by atoms with E-state index < -0.39 is 30.1 Å². The summed E-state index contributed by atoms with van der Waals surface area (Å²) in [6.45, 7) is -0.566. The smallest absolute Gasteiger partial charge is 0.331 e. The van der Waals surface area contributed by atoms with Crippen molar-refractivity contribution >= 4 is 35.0 Å². The van der Waals surface area contributed by atoms with Gasteiger partial charge in [0.1, 0.15) is 11.6 Å². The number of ether oxygens (including phenoxy) is 1. The first kappa shape index (κ1) is 15.8. The second kappa shape index (κ2) is 7.46. The van der Waals surface area contributed by atoms with Gasteiger partial charge in [0.2, 0.25) is 0 Å². The zero-order valence-electron chi connectivity index (χ0n) is 11.2. The molecule has 4 nitrogen and oxygen atoms in total. The fraction of sp³-hybridized carbons (Fsp3) is 0.0667. The zero-order chi connectivity index (χ0) is 15.9. The molecule has 2 aromatic rings. The first-order valence-corrected chi connectivity index (χ1v) is 7.11. The van der Waals surface area contributed by atoms with Crippen molar-refractivity contribution in [3.63, 3.8) is 0 Å². The van der Waals surface area contributed by atoms with Crippen LogP contribution in [0.3, 0.4) is 0 Å². The molecule has 0 saturated heterocycles. The van der Waals surface area contributed by atoms with E-state index in [-0.39, 0.29) is 5.69 Å². The van der Waals surface area contributed by atoms with Crippen LogP contribution in [0, 0.1) is 11.6 Å². The van der Waals surface area contributed by atoms with Gasteiger partial charge in [0.05, 0.1) is 5.69 Å². The van der Waals surface area contributed by atoms with Crippen molar-refractivity contribution < 1.29 is 23.1 Å². The Bertz CT molecular complexity index is 699. The van der Waals surface area contributed by atoms with Crippen molar-refractivity contribution in [3.05, 3.63) is 58.3 Å². The van der Waals surface area contributed by atoms with Crippen molar-refractivity contribution in [1.29, 1.82) is 0 Å². The van der Waals surface area contributed by atoms with Crippen molar-refractivity contribution in [2.45, 2.75) is 0 Å². The van der Waals surface area contributed by atoms with Gasteiger partial charge >= 0.3 is 5.97 Å². The van der Waals surface area contributed by atoms with Crippen LogP contribution in [0.5, 0.6) is 0 Å². The average molecular weight is 323 g/mol. The molecular formula is C15H11F2NO3S. The Morgan fingerprint density at radius 1 is 1.27 bits per heavy atom. The number of esters is 1. The fourth-order valence-electron chi connectivity index (χ4n) is 1.50. The second-order valence-electron chi connectivity index (χ2n) is 4.17. The number of carbonyl (C=O) groups is 2. The molecule has 1 aromatic heterocycles. The Morgan fingerprint density at radius 2 is 2.09 bits per heavy atom. The summed E-state index contributed by atoms with van der Waals surface area (Å²) < 4.78 is 30.7. The van der Waals surface area contributed by atoms with Crippen LogP contribution in [0.15, 0.2) is 41.1 Å². The molecule has 114 valence electrons. The van der Waals surface area contributed by atoms with Crippen molar-refractivity contribution in [1.82, 2.24) is 0 Å². The first-order chi connectivity index (χ1) is 10.5. The highest BCUT2D eigenvalue weighted by Crippen LogP contribution is 2.14. The van der Waals surface area contributed by atoms with Gasteiger partial charge in [0.25, 0.3) is 5.91 Å². The Kier molecular flexibility index (Phi) is 5.37. The maximum atomic E-state index is 13.3. The van der Waals surface area contributed by atoms with Crippen LogP contribution in [-0.2, 0) is 14.3 Å². The molecule has 22 heavy (non-hydrogen) atoms. The molecule has 0 radical (unpaired) electrons. The lowest BCUT2D eigenvalue weighted by atomic mass is 10.3. The molecule has 0 spiro atoms. The van der Waals surface area contributed by atoms with Crippen LogP contribution in [-0.4, -0.2) is 18.5 Å². The molecular weight excluding hydrogens is 312 g/mol. The molecule has 0 aliphatic rings. The summed E-state index contributed by atoms with van der Waals surface area (Å²) in [5.41, 5.74) is 0.663. The van der Waals surface area contributed by atoms with Crippen LogP contribution in [0.1, 0.15) is 5.56 Å². The molecule has 7 heteroatoms. The number of amides is 1. The quantitative estimate of drug-likeness (QED) is 0.679. The van der Waals surface area contributed by atoms with Gasteiger partial charge in [0, 0.05) is 12.1 Å². The van der Waals surface area contributed by atoms with E-state index in [4.69, 9.17) is 4.74 Å². The van der Waals surface area contributed by atoms with Crippen molar-refractivity contribution in [3.8, 4) is 0 Å². The van der Waals surface area contributed by atoms with E-state index in [9.17, 15) is 18.4 Å². The summed E-state index contributed by atoms with van der Waals surface area (Å²) in [6, 6.07) is 4.55. The molecule has 0 saturated carbocycles. The van der Waals surface area contributed by atoms with Gasteiger partial charge in [-0.1, -0.05) is 0 Å². The molecule has 1 N–H and O–H groups in total. The molecule has 1 aromatic carbocycles. The summed E-state index contributed by atoms with van der Waals surface area (Å²) in [5, 5.41) is 5.88. The lowest BCUT2D eigenvalue weighted by Crippen LogP contribution is -2.20. The largest absolute Gasteiger partial charge is 0.452 e. The molecule has 0 fully saturated rings. The number of halogens is 2. The Labute approximate surface area is 129 Å². The van der Waals surface area contributed by atoms with Gasteiger partial charge in [-0.15, -0.1) is 0 Å². The van der Waals surface area contributed by atoms with Gasteiger partial charge < -0.3 is 10.1 Å². The SMILES string of the molecule is O=C(COC(=O)/C=C/c1ccsc1)Nc1ccc(F)cc1F. The molecule has 1 amide bonds. The normalized spacial score (nSPS) is 10.6. The van der Waals surface area contributed by atoms with E-state index in [0.29, 0.717) is 6.07 Å². The summed E-state index contributed by atoms with van der Waals surface area (Å²) in [6.07, 6.45) is 2.74. The van der Waals surface area contributed by atoms with Crippen molar-refractivity contribution in [2.24, 2.45) is 0 Å². The average Bonchev–Trinajstić information content (AvgIpc) is 2.99. The third kappa shape index (κ3) is 4.78. The van der Waals surface area contributed by atoms with Crippen LogP contribution < -0.4 is 5.32 Å². The number of hydrogen-bond donors (Lipinski definition) is 1. The first-order valence-electron chi connectivity index (χ1n) is 6.16. The summed E-state index contributed by atoms with van der Waals surface area (Å²) >= 11 is 1.48. The molecule has 0 aliphatic heterocycles. The van der Waals surface area contributed by atoms with Gasteiger partial charge in [0.15, 0.2) is 6.61 Å². The van der Waals surface area contributed by atoms with E-state index in [0.717, 1.165) is 17.7 Å². The number of anilines is 1. The molecule has 1 heterocycles. The zero-order valence-corrected chi connectivity index (χ0v) is 12.0. The highest BCUT2D eigenvalue weighted by molar-refractivity contribution is 7.08. The predicted octanol–water partition coefficient (Wildman–Crippen LogP) is 3.22. The predicted molar refractivity (Wildman–Crippen MR) is 79.3 cm³/mol. The minimum absolute atomic E-state index is 0.184. The molecule has 0 unspecified atom stereocenters. The topological polar surface area (TPSA) is 55.4 Å². The number of rotatable bonds is 5. The van der Waals surface area contributed by atoms with Gasteiger partial charge in [-0.05, 0) is 40.6 Å². The Balaban J connectivity index is 1.81. The Morgan fingerprint density at radius 3 is 2.77 bits per heavy atom. The van der Waals surface area contributed by atoms with E-state index >= 15 is 0 Å². The lowest BCUT2D eigenvalue weighted by molar-refractivity contribution is -0.142. The number of benzene rings is 1. The van der Waals surface area contributed by atoms with Crippen LogP contribution in [0.25, 0.3) is 6.08 Å². The minimum atomic E-state index is -0.906. The maximum absolute atomic E-state index is 13.3. The molecule has 0 bridgehead atoms. The minimum Gasteiger partial charge on any atom is -0.452 e. The monoisotopic (exact) mass is 323 g/mol. The lowest BCUT2D eigenvalue weighted by Gasteiger charge is -2.06. The standard InChI is InChI=1S/C15H11F2NO3S/c16-11-2-3-13(12(17)7-11)18-14(19)8-21-15(20)4-1-10-5-6-22-9-10/h1-7,9H,8H2,(H,18,19)/b4-1+. The van der Waals surface area contributed by atoms with Gasteiger partial charge in [-0.2, -0.15) is 11.3 Å². The van der Waals surface area contributed by atoms with E-state index in [2.05, 4.69) is 5.32 Å². The van der Waals surface area contributed by atoms with E-state index in [1.165, 1.54) is 17.4 Å². The van der Waals surface area contributed by atoms with Crippen LogP contribution in [0.4, 0.5) is 14.5 Å². The van der Waals surface area contributed by atoms with Gasteiger partial charge in [-0.25, -0.2) is 13.6 Å². The van der Waals surface area contributed by atoms with E-state index in [1.54, 1.807) is 6.08 Å². The molecule has 0 aliphatic carbocycles. The molecule has 0 atom stereocenters. The Hall–Kier alpha value is -2.54. The number of nitrogens with one attached hydrogen (secondary N) is 1. The van der Waals surface area contributed by atoms with Gasteiger partial charge in [-0.3, -0.25) is 4.79 Å². The summed E-state index contributed by atoms with van der Waals surface area (Å²) in [7, 11) is 0. The van der Waals surface area contributed by atoms with E-state index in [1.807, 2.05) is 16.8 Å². The highest BCUT2D eigenvalue weighted by atomic mass is 32.1. The molecule has 2 rings (SSSR count). The second-order valence-corrected chi connectivity index (χ2v) is 4.95. The number of hydrogen-bond acceptors (Lipinski definition) is 4.